The fourth-order valence-electron chi connectivity index (χ4n) is 4.81. The fourth-order valence-corrected chi connectivity index (χ4v) is 4.81. The molecule has 1 amide bonds. The van der Waals surface area contributed by atoms with Gasteiger partial charge in [-0.3, -0.25) is 9.59 Å². The third-order valence-corrected chi connectivity index (χ3v) is 7.08. The summed E-state index contributed by atoms with van der Waals surface area (Å²) in [7, 11) is 3.19. The lowest BCUT2D eigenvalue weighted by atomic mass is 9.92. The van der Waals surface area contributed by atoms with Crippen LogP contribution in [0.2, 0.25) is 0 Å². The first-order valence-electron chi connectivity index (χ1n) is 12.6. The van der Waals surface area contributed by atoms with E-state index in [1.165, 1.54) is 18.0 Å². The average Bonchev–Trinajstić information content (AvgIpc) is 3.38. The third kappa shape index (κ3) is 6.50. The Labute approximate surface area is 238 Å². The number of benzene rings is 1. The molecule has 40 heavy (non-hydrogen) atoms. The quantitative estimate of drug-likeness (QED) is 0.419. The van der Waals surface area contributed by atoms with E-state index in [1.54, 1.807) is 41.4 Å². The minimum atomic E-state index is -0.778. The van der Waals surface area contributed by atoms with Crippen LogP contribution in [0, 0.1) is 17.2 Å². The Morgan fingerprint density at radius 1 is 1.23 bits per heavy atom. The van der Waals surface area contributed by atoms with Crippen LogP contribution in [0.25, 0.3) is 11.0 Å². The standard InChI is InChI=1S/C27H31N7O5.ClH/c1-17-9-12-33(23(35)8-11-28)15-22(17)32(2)24-20-10-13-34(25(20)31-16-30-24)27(37)39-19-6-4-18(5-7-19)14-21(29)26(36)38-3;/h4-7,10,13,16-17,21-22H,8-9,12,14-15,29H2,1-3H3;1H/t17-,21+,22+;/m1./s1. The number of aromatic nitrogens is 3. The Morgan fingerprint density at radius 3 is 2.62 bits per heavy atom. The maximum absolute atomic E-state index is 13.0. The van der Waals surface area contributed by atoms with Gasteiger partial charge in [0, 0.05) is 26.3 Å². The molecule has 1 aliphatic heterocycles. The Kier molecular flexibility index (Phi) is 10.0. The molecule has 12 nitrogen and oxygen atoms in total. The maximum atomic E-state index is 13.0. The van der Waals surface area contributed by atoms with Crippen molar-refractivity contribution < 1.29 is 23.9 Å². The van der Waals surface area contributed by atoms with Crippen LogP contribution < -0.4 is 15.4 Å². The van der Waals surface area contributed by atoms with E-state index in [2.05, 4.69) is 21.6 Å². The van der Waals surface area contributed by atoms with Crippen LogP contribution in [-0.2, 0) is 20.7 Å². The zero-order valence-corrected chi connectivity index (χ0v) is 23.3. The number of carbonyl (C=O) groups excluding carboxylic acids is 3. The molecular weight excluding hydrogens is 538 g/mol. The van der Waals surface area contributed by atoms with E-state index >= 15 is 0 Å². The van der Waals surface area contributed by atoms with Gasteiger partial charge in [0.15, 0.2) is 5.65 Å². The number of piperidine rings is 1. The summed E-state index contributed by atoms with van der Waals surface area (Å²) in [6.07, 6.45) is 3.29. The van der Waals surface area contributed by atoms with Gasteiger partial charge >= 0.3 is 12.1 Å². The van der Waals surface area contributed by atoms with E-state index in [4.69, 9.17) is 15.7 Å². The minimum absolute atomic E-state index is 0. The molecule has 0 bridgehead atoms. The number of hydrogen-bond acceptors (Lipinski definition) is 10. The molecule has 3 heterocycles. The second-order valence-electron chi connectivity index (χ2n) is 9.58. The molecule has 2 N–H and O–H groups in total. The van der Waals surface area contributed by atoms with E-state index in [-0.39, 0.29) is 36.7 Å². The molecule has 212 valence electrons. The van der Waals surface area contributed by atoms with Crippen molar-refractivity contribution >= 4 is 47.2 Å². The van der Waals surface area contributed by atoms with E-state index < -0.39 is 18.1 Å². The van der Waals surface area contributed by atoms with Crippen molar-refractivity contribution in [3.05, 3.63) is 48.4 Å². The number of nitrogens with zero attached hydrogens (tertiary/aromatic N) is 6. The normalized spacial score (nSPS) is 17.3. The first kappa shape index (κ1) is 30.3. The number of anilines is 1. The predicted octanol–water partition coefficient (Wildman–Crippen LogP) is 2.53. The summed E-state index contributed by atoms with van der Waals surface area (Å²) in [5, 5.41) is 9.58. The van der Waals surface area contributed by atoms with Gasteiger partial charge in [0.2, 0.25) is 5.91 Å². The number of halogens is 1. The van der Waals surface area contributed by atoms with Crippen molar-refractivity contribution in [3.8, 4) is 11.8 Å². The number of likely N-dealkylation sites (N-methyl/N-ethyl adjacent to an activating group) is 1. The highest BCUT2D eigenvalue weighted by Crippen LogP contribution is 2.30. The van der Waals surface area contributed by atoms with Gasteiger partial charge in [-0.1, -0.05) is 19.1 Å². The Morgan fingerprint density at radius 2 is 1.95 bits per heavy atom. The van der Waals surface area contributed by atoms with Crippen molar-refractivity contribution in [1.29, 1.82) is 5.26 Å². The van der Waals surface area contributed by atoms with Crippen LogP contribution >= 0.6 is 12.4 Å². The lowest BCUT2D eigenvalue weighted by Crippen LogP contribution is -2.52. The largest absolute Gasteiger partial charge is 0.468 e. The summed E-state index contributed by atoms with van der Waals surface area (Å²) < 4.78 is 11.5. The molecule has 4 rings (SSSR count). The molecule has 0 spiro atoms. The van der Waals surface area contributed by atoms with E-state index in [0.717, 1.165) is 12.0 Å². The number of nitrogens with two attached hydrogens (primary N) is 1. The molecule has 1 fully saturated rings. The molecule has 0 radical (unpaired) electrons. The monoisotopic (exact) mass is 569 g/mol. The van der Waals surface area contributed by atoms with Crippen LogP contribution in [0.5, 0.6) is 5.75 Å². The summed E-state index contributed by atoms with van der Waals surface area (Å²) in [4.78, 5) is 49.4. The number of esters is 1. The first-order valence-corrected chi connectivity index (χ1v) is 12.6. The molecule has 13 heteroatoms. The van der Waals surface area contributed by atoms with Crippen molar-refractivity contribution in [2.24, 2.45) is 11.7 Å². The number of hydrogen-bond donors (Lipinski definition) is 1. The van der Waals surface area contributed by atoms with Crippen LogP contribution in [0.15, 0.2) is 42.9 Å². The molecule has 3 aromatic rings. The fraction of sp³-hybridized carbons (Fsp3) is 0.407. The van der Waals surface area contributed by atoms with Gasteiger partial charge in [-0.25, -0.2) is 19.3 Å². The maximum Gasteiger partial charge on any atom is 0.425 e. The second-order valence-corrected chi connectivity index (χ2v) is 9.58. The topological polar surface area (TPSA) is 157 Å². The van der Waals surface area contributed by atoms with Gasteiger partial charge in [-0.2, -0.15) is 5.26 Å². The summed E-state index contributed by atoms with van der Waals surface area (Å²) in [6.45, 7) is 3.22. The minimum Gasteiger partial charge on any atom is -0.468 e. The zero-order chi connectivity index (χ0) is 28.1. The van der Waals surface area contributed by atoms with Gasteiger partial charge in [0.05, 0.1) is 24.6 Å². The van der Waals surface area contributed by atoms with E-state index in [0.29, 0.717) is 42.1 Å². The second kappa shape index (κ2) is 13.2. The molecule has 1 saturated heterocycles. The van der Waals surface area contributed by atoms with E-state index in [9.17, 15) is 14.4 Å². The smallest absolute Gasteiger partial charge is 0.425 e. The Hall–Kier alpha value is -4.21. The molecule has 0 aliphatic carbocycles. The SMILES string of the molecule is COC(=O)[C@@H](N)Cc1ccc(OC(=O)n2ccc3c(N(C)[C@H]4CN(C(=O)CC#N)CC[C@H]4C)ncnc32)cc1.Cl. The van der Waals surface area contributed by atoms with Crippen molar-refractivity contribution in [1.82, 2.24) is 19.4 Å². The Balaban J connectivity index is 0.00000441. The number of carbonyl (C=O) groups is 3. The predicted molar refractivity (Wildman–Crippen MR) is 149 cm³/mol. The lowest BCUT2D eigenvalue weighted by molar-refractivity contribution is -0.142. The summed E-state index contributed by atoms with van der Waals surface area (Å²) >= 11 is 0. The average molecular weight is 570 g/mol. The highest BCUT2D eigenvalue weighted by molar-refractivity contribution is 5.94. The van der Waals surface area contributed by atoms with Crippen LogP contribution in [0.3, 0.4) is 0 Å². The van der Waals surface area contributed by atoms with Crippen LogP contribution in [0.4, 0.5) is 10.6 Å². The zero-order valence-electron chi connectivity index (χ0n) is 22.5. The number of likely N-dealkylation sites (tertiary alicyclic amines) is 1. The highest BCUT2D eigenvalue weighted by Gasteiger charge is 2.33. The van der Waals surface area contributed by atoms with Gasteiger partial charge in [-0.15, -0.1) is 12.4 Å². The molecule has 0 saturated carbocycles. The van der Waals surface area contributed by atoms with Gasteiger partial charge in [0.1, 0.15) is 30.4 Å². The number of amides is 1. The number of methoxy groups -OCH3 is 1. The third-order valence-electron chi connectivity index (χ3n) is 7.08. The molecule has 1 aromatic carbocycles. The Bertz CT molecular complexity index is 1400. The van der Waals surface area contributed by atoms with Crippen LogP contribution in [-0.4, -0.2) is 76.7 Å². The number of ether oxygens (including phenoxy) is 2. The van der Waals surface area contributed by atoms with Crippen molar-refractivity contribution in [2.45, 2.75) is 38.3 Å². The number of nitriles is 1. The first-order chi connectivity index (χ1) is 18.7. The van der Waals surface area contributed by atoms with Gasteiger partial charge < -0.3 is 25.0 Å². The molecule has 3 atom stereocenters. The summed E-state index contributed by atoms with van der Waals surface area (Å²) in [5.41, 5.74) is 6.99. The van der Waals surface area contributed by atoms with Gasteiger partial charge in [0.25, 0.3) is 0 Å². The van der Waals surface area contributed by atoms with Crippen molar-refractivity contribution in [3.63, 3.8) is 0 Å². The highest BCUT2D eigenvalue weighted by atomic mass is 35.5. The molecule has 2 aromatic heterocycles. The van der Waals surface area contributed by atoms with Crippen LogP contribution in [0.1, 0.15) is 25.3 Å². The molecular formula is C27H32ClN7O5. The number of fused-ring (bicyclic) bond motifs is 1. The lowest BCUT2D eigenvalue weighted by Gasteiger charge is -2.42. The van der Waals surface area contributed by atoms with Gasteiger partial charge in [-0.05, 0) is 42.5 Å². The summed E-state index contributed by atoms with van der Waals surface area (Å²) in [5.74, 6) is 0.554. The molecule has 0 unspecified atom stereocenters. The van der Waals surface area contributed by atoms with Crippen molar-refractivity contribution in [2.75, 3.05) is 32.1 Å². The van der Waals surface area contributed by atoms with E-state index in [1.807, 2.05) is 18.0 Å². The number of rotatable bonds is 7. The summed E-state index contributed by atoms with van der Waals surface area (Å²) in [6, 6.07) is 9.58. The molecule has 1 aliphatic rings.